The smallest absolute Gasteiger partial charge is 0.199 e. The maximum Gasteiger partial charge on any atom is 0.199 e. The molecule has 1 atom stereocenters. The van der Waals surface area contributed by atoms with Gasteiger partial charge in [0.2, 0.25) is 0 Å². The Balaban J connectivity index is 1.21. The van der Waals surface area contributed by atoms with Crippen molar-refractivity contribution in [1.29, 1.82) is 0 Å². The zero-order chi connectivity index (χ0) is 27.7. The second kappa shape index (κ2) is 13.4. The lowest BCUT2D eigenvalue weighted by Gasteiger charge is -2.14. The largest absolute Gasteiger partial charge is 0.487 e. The molecule has 206 valence electrons. The van der Waals surface area contributed by atoms with Crippen LogP contribution in [0.2, 0.25) is 0 Å². The van der Waals surface area contributed by atoms with Gasteiger partial charge in [-0.1, -0.05) is 12.1 Å². The third kappa shape index (κ3) is 7.25. The average Bonchev–Trinajstić information content (AvgIpc) is 3.55. The van der Waals surface area contributed by atoms with Crippen molar-refractivity contribution in [2.75, 3.05) is 6.61 Å². The number of aromatic nitrogens is 2. The number of hydrogen-bond donors (Lipinski definition) is 0. The predicted molar refractivity (Wildman–Crippen MR) is 158 cm³/mol. The van der Waals surface area contributed by atoms with Crippen LogP contribution in [0, 0.1) is 0 Å². The van der Waals surface area contributed by atoms with Gasteiger partial charge >= 0.3 is 0 Å². The molecule has 3 heterocycles. The summed E-state index contributed by atoms with van der Waals surface area (Å²) < 4.78 is 23.6. The minimum Gasteiger partial charge on any atom is -0.487 e. The summed E-state index contributed by atoms with van der Waals surface area (Å²) in [5.41, 5.74) is 1.79. The minimum atomic E-state index is -0.346. The molecule has 1 unspecified atom stereocenters. The van der Waals surface area contributed by atoms with Gasteiger partial charge in [-0.15, -0.1) is 0 Å². The molecule has 0 radical (unpaired) electrons. The topological polar surface area (TPSA) is 62.7 Å². The fourth-order valence-corrected chi connectivity index (χ4v) is 6.52. The Bertz CT molecular complexity index is 1410. The second-order valence-electron chi connectivity index (χ2n) is 9.50. The van der Waals surface area contributed by atoms with Gasteiger partial charge in [-0.05, 0) is 103 Å². The van der Waals surface area contributed by atoms with Crippen molar-refractivity contribution in [3.05, 3.63) is 133 Å². The first-order valence-electron chi connectivity index (χ1n) is 13.7. The third-order valence-corrected chi connectivity index (χ3v) is 8.79. The molecule has 1 aliphatic rings. The van der Waals surface area contributed by atoms with Gasteiger partial charge in [0, 0.05) is 18.8 Å². The highest BCUT2D eigenvalue weighted by molar-refractivity contribution is 7.97. The molecule has 41 heavy (non-hydrogen) atoms. The second-order valence-corrected chi connectivity index (χ2v) is 11.5. The van der Waals surface area contributed by atoms with Gasteiger partial charge in [-0.25, -0.2) is 0 Å². The van der Waals surface area contributed by atoms with E-state index in [2.05, 4.69) is 46.4 Å². The van der Waals surface area contributed by atoms with E-state index in [4.69, 9.17) is 18.9 Å². The number of pyridine rings is 2. The summed E-state index contributed by atoms with van der Waals surface area (Å²) in [6.45, 7) is 1.62. The van der Waals surface area contributed by atoms with E-state index in [1.165, 1.54) is 14.7 Å². The quantitative estimate of drug-likeness (QED) is 0.158. The number of nitrogens with zero attached hydrogens (tertiary/aromatic N) is 2. The average molecular weight is 564 g/mol. The van der Waals surface area contributed by atoms with Crippen LogP contribution in [0.4, 0.5) is 0 Å². The number of ether oxygens (including phenoxy) is 4. The summed E-state index contributed by atoms with van der Waals surface area (Å²) in [5, 5.41) is 0. The van der Waals surface area contributed by atoms with Crippen LogP contribution in [0.5, 0.6) is 17.2 Å². The Morgan fingerprint density at radius 1 is 0.610 bits per heavy atom. The van der Waals surface area contributed by atoms with Gasteiger partial charge in [0.25, 0.3) is 0 Å². The van der Waals surface area contributed by atoms with E-state index in [-0.39, 0.29) is 17.2 Å². The van der Waals surface area contributed by atoms with Crippen molar-refractivity contribution in [2.24, 2.45) is 0 Å². The number of benzene rings is 3. The summed E-state index contributed by atoms with van der Waals surface area (Å²) in [7, 11) is -0.346. The van der Waals surface area contributed by atoms with Crippen LogP contribution in [0.25, 0.3) is 0 Å². The number of hydrogen-bond acceptors (Lipinski definition) is 6. The van der Waals surface area contributed by atoms with Crippen LogP contribution in [-0.4, -0.2) is 22.9 Å². The highest BCUT2D eigenvalue weighted by Crippen LogP contribution is 2.34. The molecule has 1 aliphatic heterocycles. The summed E-state index contributed by atoms with van der Waals surface area (Å²) in [6.07, 6.45) is 5.36. The molecule has 1 fully saturated rings. The molecule has 0 N–H and O–H groups in total. The molecule has 6 rings (SSSR count). The SMILES string of the molecule is c1ccc(COc2ccc([S+](c3ccc(OCc4ccccn4)cc3)c3ccc(OC4CCCO4)cc3)cc2)nc1. The van der Waals surface area contributed by atoms with E-state index in [1.54, 1.807) is 12.4 Å². The first kappa shape index (κ1) is 26.9. The van der Waals surface area contributed by atoms with Gasteiger partial charge in [-0.2, -0.15) is 0 Å². The van der Waals surface area contributed by atoms with Crippen molar-refractivity contribution in [3.8, 4) is 17.2 Å². The lowest BCUT2D eigenvalue weighted by Crippen LogP contribution is -2.14. The molecule has 0 aliphatic carbocycles. The Morgan fingerprint density at radius 2 is 1.10 bits per heavy atom. The van der Waals surface area contributed by atoms with Crippen LogP contribution in [-0.2, 0) is 28.8 Å². The van der Waals surface area contributed by atoms with Crippen molar-refractivity contribution in [3.63, 3.8) is 0 Å². The molecule has 0 spiro atoms. The summed E-state index contributed by atoms with van der Waals surface area (Å²) in [5.74, 6) is 2.43. The summed E-state index contributed by atoms with van der Waals surface area (Å²) in [4.78, 5) is 12.2. The molecule has 0 saturated carbocycles. The lowest BCUT2D eigenvalue weighted by atomic mass is 10.3. The molecular weight excluding hydrogens is 532 g/mol. The molecule has 0 amide bonds. The van der Waals surface area contributed by atoms with Crippen LogP contribution in [0.3, 0.4) is 0 Å². The first-order chi connectivity index (χ1) is 20.3. The van der Waals surface area contributed by atoms with Crippen molar-refractivity contribution >= 4 is 10.9 Å². The van der Waals surface area contributed by atoms with Gasteiger partial charge in [0.1, 0.15) is 30.5 Å². The van der Waals surface area contributed by atoms with Gasteiger partial charge in [0.15, 0.2) is 21.0 Å². The number of rotatable bonds is 11. The van der Waals surface area contributed by atoms with E-state index in [1.807, 2.05) is 72.8 Å². The van der Waals surface area contributed by atoms with Gasteiger partial charge in [-0.3, -0.25) is 9.97 Å². The normalized spacial score (nSPS) is 14.6. The van der Waals surface area contributed by atoms with E-state index in [9.17, 15) is 0 Å². The fourth-order valence-electron chi connectivity index (χ4n) is 4.48. The molecule has 5 aromatic rings. The van der Waals surface area contributed by atoms with E-state index in [0.717, 1.165) is 48.1 Å². The fraction of sp³-hybridized carbons (Fsp3) is 0.176. The lowest BCUT2D eigenvalue weighted by molar-refractivity contribution is -0.0390. The molecule has 0 bridgehead atoms. The minimum absolute atomic E-state index is 0.156. The predicted octanol–water partition coefficient (Wildman–Crippen LogP) is 7.25. The summed E-state index contributed by atoms with van der Waals surface area (Å²) in [6, 6.07) is 36.7. The van der Waals surface area contributed by atoms with Crippen LogP contribution >= 0.6 is 0 Å². The zero-order valence-electron chi connectivity index (χ0n) is 22.6. The Hall–Kier alpha value is -4.33. The standard InChI is InChI=1S/C34H31N2O4S/c1-3-21-35-26(6-1)24-38-28-9-15-31(16-10-28)41(33-19-13-30(14-20-33)40-34-8-5-23-37-34)32-17-11-29(12-18-32)39-25-27-7-2-4-22-36-27/h1-4,6-7,9-22,34H,5,8,23-25H2/q+1. The molecule has 3 aromatic carbocycles. The third-order valence-electron chi connectivity index (χ3n) is 6.56. The van der Waals surface area contributed by atoms with Crippen molar-refractivity contribution in [2.45, 2.75) is 47.0 Å². The molecule has 1 saturated heterocycles. The van der Waals surface area contributed by atoms with Crippen LogP contribution < -0.4 is 14.2 Å². The van der Waals surface area contributed by atoms with Crippen LogP contribution in [0.1, 0.15) is 24.2 Å². The molecule has 6 nitrogen and oxygen atoms in total. The maximum atomic E-state index is 6.02. The Kier molecular flexibility index (Phi) is 8.75. The Labute approximate surface area is 243 Å². The monoisotopic (exact) mass is 563 g/mol. The first-order valence-corrected chi connectivity index (χ1v) is 14.9. The molecular formula is C34H31N2O4S+. The van der Waals surface area contributed by atoms with Crippen molar-refractivity contribution in [1.82, 2.24) is 9.97 Å². The molecule has 2 aromatic heterocycles. The van der Waals surface area contributed by atoms with Gasteiger partial charge < -0.3 is 18.9 Å². The van der Waals surface area contributed by atoms with Gasteiger partial charge in [0.05, 0.1) is 28.9 Å². The maximum absolute atomic E-state index is 6.02. The van der Waals surface area contributed by atoms with Crippen molar-refractivity contribution < 1.29 is 18.9 Å². The highest BCUT2D eigenvalue weighted by atomic mass is 32.2. The highest BCUT2D eigenvalue weighted by Gasteiger charge is 2.29. The Morgan fingerprint density at radius 3 is 1.51 bits per heavy atom. The summed E-state index contributed by atoms with van der Waals surface area (Å²) >= 11 is 0. The van der Waals surface area contributed by atoms with E-state index in [0.29, 0.717) is 13.2 Å². The van der Waals surface area contributed by atoms with E-state index < -0.39 is 0 Å². The van der Waals surface area contributed by atoms with Crippen LogP contribution in [0.15, 0.2) is 136 Å². The zero-order valence-corrected chi connectivity index (χ0v) is 23.4. The molecule has 7 heteroatoms. The van der Waals surface area contributed by atoms with E-state index >= 15 is 0 Å².